The molecule has 2 rings (SSSR count). The van der Waals surface area contributed by atoms with Crippen LogP contribution >= 0.6 is 0 Å². The largest absolute Gasteiger partial charge is 0.508 e. The number of primary amides is 1. The third kappa shape index (κ3) is 3.18. The zero-order valence-corrected chi connectivity index (χ0v) is 9.96. The average molecular weight is 263 g/mol. The van der Waals surface area contributed by atoms with E-state index in [0.29, 0.717) is 24.7 Å². The van der Waals surface area contributed by atoms with Crippen molar-refractivity contribution in [3.8, 4) is 5.75 Å². The van der Waals surface area contributed by atoms with Crippen molar-refractivity contribution >= 4 is 17.6 Å². The fourth-order valence-electron chi connectivity index (χ4n) is 1.65. The summed E-state index contributed by atoms with van der Waals surface area (Å²) >= 11 is 0. The normalized spacial score (nSPS) is 18.1. The molecule has 0 spiro atoms. The van der Waals surface area contributed by atoms with Crippen LogP contribution < -0.4 is 16.4 Å². The summed E-state index contributed by atoms with van der Waals surface area (Å²) in [5.41, 5.74) is 5.81. The third-order valence-corrected chi connectivity index (χ3v) is 2.58. The summed E-state index contributed by atoms with van der Waals surface area (Å²) in [6.07, 6.45) is 0. The van der Waals surface area contributed by atoms with Gasteiger partial charge in [0.1, 0.15) is 11.8 Å². The molecule has 1 aromatic carbocycles. The smallest absolute Gasteiger partial charge is 0.248 e. The Labute approximate surface area is 108 Å². The van der Waals surface area contributed by atoms with Crippen LogP contribution in [0.15, 0.2) is 28.4 Å². The van der Waals surface area contributed by atoms with E-state index in [2.05, 4.69) is 20.8 Å². The molecule has 1 aliphatic heterocycles. The van der Waals surface area contributed by atoms with Crippen molar-refractivity contribution < 1.29 is 9.90 Å². The van der Waals surface area contributed by atoms with Gasteiger partial charge in [-0.25, -0.2) is 0 Å². The minimum Gasteiger partial charge on any atom is -0.508 e. The van der Waals surface area contributed by atoms with Gasteiger partial charge in [0.25, 0.3) is 0 Å². The molecule has 0 saturated heterocycles. The Bertz CT molecular complexity index is 543. The van der Waals surface area contributed by atoms with Gasteiger partial charge in [-0.2, -0.15) is 4.91 Å². The standard InChI is InChI=1S/C11H13N5O3/c12-10(18)6-1-7(3-9(17)2-6)15-11-13-4-8(16-19)5-14-11/h1-3,8,17H,4-5H2,(H2,12,18)(H2,13,14,15). The molecule has 1 atom stereocenters. The lowest BCUT2D eigenvalue weighted by molar-refractivity contribution is 0.1000. The van der Waals surface area contributed by atoms with Crippen LogP contribution in [0.1, 0.15) is 10.4 Å². The number of carbonyl (C=O) groups excluding carboxylic acids is 1. The summed E-state index contributed by atoms with van der Waals surface area (Å²) in [6.45, 7) is 0.678. The molecule has 8 heteroatoms. The van der Waals surface area contributed by atoms with Gasteiger partial charge >= 0.3 is 0 Å². The molecule has 100 valence electrons. The molecule has 1 heterocycles. The maximum absolute atomic E-state index is 11.1. The maximum Gasteiger partial charge on any atom is 0.248 e. The molecule has 1 unspecified atom stereocenters. The molecule has 0 bridgehead atoms. The maximum atomic E-state index is 11.1. The first-order valence-corrected chi connectivity index (χ1v) is 5.60. The number of nitrogens with one attached hydrogen (secondary N) is 2. The van der Waals surface area contributed by atoms with E-state index in [9.17, 15) is 14.8 Å². The first-order valence-electron chi connectivity index (χ1n) is 5.60. The number of nitrogens with two attached hydrogens (primary N) is 1. The van der Waals surface area contributed by atoms with E-state index in [4.69, 9.17) is 5.73 Å². The molecule has 1 amide bonds. The molecule has 5 N–H and O–H groups in total. The van der Waals surface area contributed by atoms with Crippen LogP contribution in [0.5, 0.6) is 5.75 Å². The van der Waals surface area contributed by atoms with E-state index >= 15 is 0 Å². The van der Waals surface area contributed by atoms with Crippen LogP contribution in [0.3, 0.4) is 0 Å². The van der Waals surface area contributed by atoms with E-state index in [1.807, 2.05) is 0 Å². The van der Waals surface area contributed by atoms with Crippen molar-refractivity contribution in [2.75, 3.05) is 18.4 Å². The Balaban J connectivity index is 2.13. The van der Waals surface area contributed by atoms with Gasteiger partial charge in [-0.05, 0) is 12.1 Å². The first kappa shape index (κ1) is 12.8. The zero-order valence-electron chi connectivity index (χ0n) is 9.96. The van der Waals surface area contributed by atoms with Crippen LogP contribution in [0.25, 0.3) is 0 Å². The van der Waals surface area contributed by atoms with E-state index in [1.165, 1.54) is 18.2 Å². The van der Waals surface area contributed by atoms with Gasteiger partial charge in [0.15, 0.2) is 5.96 Å². The molecular weight excluding hydrogens is 250 g/mol. The first-order chi connectivity index (χ1) is 9.08. The quantitative estimate of drug-likeness (QED) is 0.570. The Morgan fingerprint density at radius 3 is 2.89 bits per heavy atom. The fraction of sp³-hybridized carbons (Fsp3) is 0.273. The lowest BCUT2D eigenvalue weighted by Crippen LogP contribution is -2.41. The minimum atomic E-state index is -0.636. The van der Waals surface area contributed by atoms with Crippen LogP contribution in [-0.4, -0.2) is 36.1 Å². The number of anilines is 1. The number of hydrogen-bond acceptors (Lipinski definition) is 7. The number of phenolic OH excluding ortho intramolecular Hbond substituents is 1. The lowest BCUT2D eigenvalue weighted by Gasteiger charge is -2.19. The summed E-state index contributed by atoms with van der Waals surface area (Å²) in [5.74, 6) is -0.272. The van der Waals surface area contributed by atoms with Crippen molar-refractivity contribution in [1.82, 2.24) is 5.32 Å². The van der Waals surface area contributed by atoms with Gasteiger partial charge in [0.2, 0.25) is 5.91 Å². The number of guanidine groups is 1. The third-order valence-electron chi connectivity index (χ3n) is 2.58. The van der Waals surface area contributed by atoms with Crippen molar-refractivity contribution in [1.29, 1.82) is 0 Å². The molecule has 0 saturated carbocycles. The lowest BCUT2D eigenvalue weighted by atomic mass is 10.2. The number of phenols is 1. The molecule has 19 heavy (non-hydrogen) atoms. The molecule has 0 radical (unpaired) electrons. The molecule has 1 aliphatic rings. The van der Waals surface area contributed by atoms with Crippen LogP contribution in [0.4, 0.5) is 5.69 Å². The van der Waals surface area contributed by atoms with Gasteiger partial charge in [0, 0.05) is 23.9 Å². The summed E-state index contributed by atoms with van der Waals surface area (Å²) in [6, 6.07) is 3.82. The molecular formula is C11H13N5O3. The molecule has 0 fully saturated rings. The second-order valence-electron chi connectivity index (χ2n) is 4.09. The molecule has 0 aromatic heterocycles. The molecule has 8 nitrogen and oxygen atoms in total. The van der Waals surface area contributed by atoms with Crippen molar-refractivity contribution in [2.24, 2.45) is 15.9 Å². The van der Waals surface area contributed by atoms with Crippen LogP contribution in [0, 0.1) is 4.91 Å². The average Bonchev–Trinajstić information content (AvgIpc) is 2.39. The second-order valence-corrected chi connectivity index (χ2v) is 4.09. The predicted octanol–water partition coefficient (Wildman–Crippen LogP) is -0.00280. The van der Waals surface area contributed by atoms with Crippen molar-refractivity contribution in [3.05, 3.63) is 28.7 Å². The number of carbonyl (C=O) groups is 1. The van der Waals surface area contributed by atoms with Gasteiger partial charge in [0.05, 0.1) is 6.54 Å². The summed E-state index contributed by atoms with van der Waals surface area (Å²) in [5, 5.41) is 18.2. The predicted molar refractivity (Wildman–Crippen MR) is 70.1 cm³/mol. The summed E-state index contributed by atoms with van der Waals surface area (Å²) in [7, 11) is 0. The Hall–Kier alpha value is -2.64. The van der Waals surface area contributed by atoms with Crippen LogP contribution in [0.2, 0.25) is 0 Å². The van der Waals surface area contributed by atoms with Gasteiger partial charge < -0.3 is 21.5 Å². The number of aromatic hydroxyl groups is 1. The Morgan fingerprint density at radius 1 is 1.53 bits per heavy atom. The highest BCUT2D eigenvalue weighted by molar-refractivity contribution is 5.98. The topological polar surface area (TPSA) is 129 Å². The van der Waals surface area contributed by atoms with E-state index in [1.54, 1.807) is 0 Å². The van der Waals surface area contributed by atoms with Crippen LogP contribution in [-0.2, 0) is 0 Å². The summed E-state index contributed by atoms with van der Waals surface area (Å²) in [4.78, 5) is 25.5. The van der Waals surface area contributed by atoms with Crippen molar-refractivity contribution in [3.63, 3.8) is 0 Å². The number of nitroso groups, excluding NO2 is 1. The van der Waals surface area contributed by atoms with Gasteiger partial charge in [-0.3, -0.25) is 9.79 Å². The number of benzene rings is 1. The molecule has 1 aromatic rings. The van der Waals surface area contributed by atoms with E-state index < -0.39 is 5.91 Å². The van der Waals surface area contributed by atoms with Gasteiger partial charge in [-0.1, -0.05) is 5.18 Å². The number of hydrogen-bond donors (Lipinski definition) is 4. The number of amides is 1. The number of aliphatic imine (C=N–C) groups is 1. The highest BCUT2D eigenvalue weighted by atomic mass is 16.3. The van der Waals surface area contributed by atoms with Gasteiger partial charge in [-0.15, -0.1) is 0 Å². The minimum absolute atomic E-state index is 0.0809. The second kappa shape index (κ2) is 5.34. The Kier molecular flexibility index (Phi) is 3.60. The summed E-state index contributed by atoms with van der Waals surface area (Å²) < 4.78 is 0. The molecule has 0 aliphatic carbocycles. The number of rotatable bonds is 3. The monoisotopic (exact) mass is 263 g/mol. The zero-order chi connectivity index (χ0) is 13.8. The Morgan fingerprint density at radius 2 is 2.32 bits per heavy atom. The highest BCUT2D eigenvalue weighted by Gasteiger charge is 2.15. The van der Waals surface area contributed by atoms with Crippen molar-refractivity contribution in [2.45, 2.75) is 6.04 Å². The highest BCUT2D eigenvalue weighted by Crippen LogP contribution is 2.19. The SMILES string of the molecule is NC(=O)c1cc(O)cc(NC2=NCC(N=O)CN2)c1. The fourth-order valence-corrected chi connectivity index (χ4v) is 1.65. The van der Waals surface area contributed by atoms with E-state index in [0.717, 1.165) is 0 Å². The van der Waals surface area contributed by atoms with E-state index in [-0.39, 0.29) is 17.4 Å². The number of nitrogens with zero attached hydrogens (tertiary/aromatic N) is 2.